The van der Waals surface area contributed by atoms with Crippen LogP contribution in [-0.4, -0.2) is 12.9 Å². The minimum atomic E-state index is -0.0348. The second-order valence-corrected chi connectivity index (χ2v) is 4.41. The number of carbonyl (C=O) groups is 1. The highest BCUT2D eigenvalue weighted by molar-refractivity contribution is 6.04. The molecule has 0 saturated carbocycles. The number of ether oxygens (including phenoxy) is 1. The van der Waals surface area contributed by atoms with Gasteiger partial charge in [0.1, 0.15) is 5.75 Å². The van der Waals surface area contributed by atoms with Gasteiger partial charge in [0.2, 0.25) is 0 Å². The van der Waals surface area contributed by atoms with Crippen molar-refractivity contribution in [2.24, 2.45) is 0 Å². The molecule has 0 aromatic heterocycles. The Morgan fingerprint density at radius 2 is 1.80 bits per heavy atom. The molecule has 0 aliphatic rings. The topological polar surface area (TPSA) is 38.3 Å². The van der Waals surface area contributed by atoms with Crippen LogP contribution < -0.4 is 10.1 Å². The molecular weight excluding hydrogens is 250 g/mol. The predicted octanol–water partition coefficient (Wildman–Crippen LogP) is 3.81. The molecule has 0 aliphatic carbocycles. The van der Waals surface area contributed by atoms with Crippen LogP contribution in [0.25, 0.3) is 0 Å². The zero-order valence-electron chi connectivity index (χ0n) is 11.6. The number of nitrogens with one attached hydrogen (secondary N) is 1. The number of para-hydroxylation sites is 2. The van der Waals surface area contributed by atoms with Crippen molar-refractivity contribution in [1.82, 2.24) is 0 Å². The van der Waals surface area contributed by atoms with Gasteiger partial charge in [0.15, 0.2) is 5.78 Å². The van der Waals surface area contributed by atoms with Crippen molar-refractivity contribution in [2.75, 3.05) is 12.4 Å². The van der Waals surface area contributed by atoms with Crippen molar-refractivity contribution in [1.29, 1.82) is 0 Å². The van der Waals surface area contributed by atoms with Crippen LogP contribution >= 0.6 is 0 Å². The number of aryl methyl sites for hydroxylation is 1. The third-order valence-electron chi connectivity index (χ3n) is 2.92. The van der Waals surface area contributed by atoms with Gasteiger partial charge in [-0.1, -0.05) is 42.0 Å². The number of benzene rings is 2. The molecule has 0 fully saturated rings. The largest absolute Gasteiger partial charge is 0.495 e. The molecule has 0 saturated heterocycles. The molecule has 0 spiro atoms. The lowest BCUT2D eigenvalue weighted by Crippen LogP contribution is -1.97. The summed E-state index contributed by atoms with van der Waals surface area (Å²) in [6, 6.07) is 15.0. The van der Waals surface area contributed by atoms with E-state index in [0.29, 0.717) is 5.56 Å². The van der Waals surface area contributed by atoms with Crippen LogP contribution in [0.1, 0.15) is 15.9 Å². The standard InChI is InChI=1S/C17H17NO2/c1-13-7-9-14(10-8-13)16(19)11-12-18-15-5-3-4-6-17(15)20-2/h3-12,18H,1-2H3/b12-11+. The fourth-order valence-electron chi connectivity index (χ4n) is 1.79. The molecule has 2 rings (SSSR count). The second-order valence-electron chi connectivity index (χ2n) is 4.41. The van der Waals surface area contributed by atoms with E-state index >= 15 is 0 Å². The van der Waals surface area contributed by atoms with E-state index < -0.39 is 0 Å². The molecule has 20 heavy (non-hydrogen) atoms. The van der Waals surface area contributed by atoms with Gasteiger partial charge >= 0.3 is 0 Å². The minimum absolute atomic E-state index is 0.0348. The smallest absolute Gasteiger partial charge is 0.187 e. The van der Waals surface area contributed by atoms with E-state index in [2.05, 4.69) is 5.32 Å². The summed E-state index contributed by atoms with van der Waals surface area (Å²) in [4.78, 5) is 11.9. The number of hydrogen-bond acceptors (Lipinski definition) is 3. The Labute approximate surface area is 118 Å². The summed E-state index contributed by atoms with van der Waals surface area (Å²) in [5, 5.41) is 3.05. The average Bonchev–Trinajstić information content (AvgIpc) is 2.48. The van der Waals surface area contributed by atoms with Crippen LogP contribution in [0.5, 0.6) is 5.75 Å². The number of ketones is 1. The van der Waals surface area contributed by atoms with Crippen LogP contribution in [0.4, 0.5) is 5.69 Å². The number of carbonyl (C=O) groups excluding carboxylic acids is 1. The number of anilines is 1. The van der Waals surface area contributed by atoms with Gasteiger partial charge in [-0.2, -0.15) is 0 Å². The Balaban J connectivity index is 2.03. The van der Waals surface area contributed by atoms with Gasteiger partial charge in [-0.05, 0) is 19.1 Å². The molecule has 2 aromatic carbocycles. The Morgan fingerprint density at radius 3 is 2.50 bits per heavy atom. The highest BCUT2D eigenvalue weighted by atomic mass is 16.5. The fraction of sp³-hybridized carbons (Fsp3) is 0.118. The molecule has 1 N–H and O–H groups in total. The summed E-state index contributed by atoms with van der Waals surface area (Å²) in [7, 11) is 1.61. The third-order valence-corrected chi connectivity index (χ3v) is 2.92. The highest BCUT2D eigenvalue weighted by Gasteiger charge is 2.01. The first-order chi connectivity index (χ1) is 9.70. The Kier molecular flexibility index (Phi) is 4.56. The molecule has 102 valence electrons. The molecule has 0 aliphatic heterocycles. The van der Waals surface area contributed by atoms with Gasteiger partial charge in [-0.3, -0.25) is 4.79 Å². The van der Waals surface area contributed by atoms with Gasteiger partial charge < -0.3 is 10.1 Å². The maximum Gasteiger partial charge on any atom is 0.187 e. The summed E-state index contributed by atoms with van der Waals surface area (Å²) >= 11 is 0. The summed E-state index contributed by atoms with van der Waals surface area (Å²) in [5.41, 5.74) is 2.63. The van der Waals surface area contributed by atoms with Crippen LogP contribution in [0, 0.1) is 6.92 Å². The number of hydrogen-bond donors (Lipinski definition) is 1. The molecule has 2 aromatic rings. The molecule has 3 heteroatoms. The zero-order chi connectivity index (χ0) is 14.4. The molecule has 0 atom stereocenters. The molecule has 0 heterocycles. The van der Waals surface area contributed by atoms with Gasteiger partial charge in [-0.15, -0.1) is 0 Å². The lowest BCUT2D eigenvalue weighted by molar-refractivity contribution is 0.104. The van der Waals surface area contributed by atoms with Crippen molar-refractivity contribution < 1.29 is 9.53 Å². The second kappa shape index (κ2) is 6.57. The third kappa shape index (κ3) is 3.48. The van der Waals surface area contributed by atoms with E-state index in [1.165, 1.54) is 6.08 Å². The first kappa shape index (κ1) is 13.9. The van der Waals surface area contributed by atoms with Gasteiger partial charge in [0.25, 0.3) is 0 Å². The van der Waals surface area contributed by atoms with E-state index in [0.717, 1.165) is 17.0 Å². The van der Waals surface area contributed by atoms with E-state index in [1.54, 1.807) is 13.3 Å². The Morgan fingerprint density at radius 1 is 1.10 bits per heavy atom. The molecule has 0 unspecified atom stereocenters. The normalized spacial score (nSPS) is 10.5. The number of methoxy groups -OCH3 is 1. The molecule has 3 nitrogen and oxygen atoms in total. The van der Waals surface area contributed by atoms with E-state index in [9.17, 15) is 4.79 Å². The highest BCUT2D eigenvalue weighted by Crippen LogP contribution is 2.22. The monoisotopic (exact) mass is 267 g/mol. The predicted molar refractivity (Wildman–Crippen MR) is 81.3 cm³/mol. The number of allylic oxidation sites excluding steroid dienone is 1. The van der Waals surface area contributed by atoms with Crippen LogP contribution in [0.15, 0.2) is 60.8 Å². The average molecular weight is 267 g/mol. The first-order valence-corrected chi connectivity index (χ1v) is 6.38. The van der Waals surface area contributed by atoms with Crippen molar-refractivity contribution in [3.63, 3.8) is 0 Å². The first-order valence-electron chi connectivity index (χ1n) is 6.38. The summed E-state index contributed by atoms with van der Waals surface area (Å²) < 4.78 is 5.22. The van der Waals surface area contributed by atoms with Crippen molar-refractivity contribution in [3.8, 4) is 5.75 Å². The molecular formula is C17H17NO2. The number of rotatable bonds is 5. The van der Waals surface area contributed by atoms with Gasteiger partial charge in [0.05, 0.1) is 12.8 Å². The molecule has 0 radical (unpaired) electrons. The molecule has 0 bridgehead atoms. The maximum atomic E-state index is 11.9. The van der Waals surface area contributed by atoms with E-state index in [1.807, 2.05) is 55.5 Å². The van der Waals surface area contributed by atoms with Crippen LogP contribution in [0.3, 0.4) is 0 Å². The Hall–Kier alpha value is -2.55. The minimum Gasteiger partial charge on any atom is -0.495 e. The molecule has 0 amide bonds. The lowest BCUT2D eigenvalue weighted by atomic mass is 10.1. The maximum absolute atomic E-state index is 11.9. The van der Waals surface area contributed by atoms with Crippen molar-refractivity contribution in [2.45, 2.75) is 6.92 Å². The van der Waals surface area contributed by atoms with Gasteiger partial charge in [0, 0.05) is 17.8 Å². The SMILES string of the molecule is COc1ccccc1N/C=C/C(=O)c1ccc(C)cc1. The fourth-order valence-corrected chi connectivity index (χ4v) is 1.79. The van der Waals surface area contributed by atoms with Crippen LogP contribution in [0.2, 0.25) is 0 Å². The summed E-state index contributed by atoms with van der Waals surface area (Å²) in [5.74, 6) is 0.701. The lowest BCUT2D eigenvalue weighted by Gasteiger charge is -2.06. The van der Waals surface area contributed by atoms with Crippen molar-refractivity contribution in [3.05, 3.63) is 71.9 Å². The van der Waals surface area contributed by atoms with Gasteiger partial charge in [-0.25, -0.2) is 0 Å². The quantitative estimate of drug-likeness (QED) is 0.661. The summed E-state index contributed by atoms with van der Waals surface area (Å²) in [6.07, 6.45) is 3.14. The van der Waals surface area contributed by atoms with E-state index in [-0.39, 0.29) is 5.78 Å². The van der Waals surface area contributed by atoms with Crippen LogP contribution in [-0.2, 0) is 0 Å². The summed E-state index contributed by atoms with van der Waals surface area (Å²) in [6.45, 7) is 1.99. The zero-order valence-corrected chi connectivity index (χ0v) is 11.6. The van der Waals surface area contributed by atoms with E-state index in [4.69, 9.17) is 4.74 Å². The Bertz CT molecular complexity index is 615. The van der Waals surface area contributed by atoms with Crippen molar-refractivity contribution >= 4 is 11.5 Å².